The maximum atomic E-state index is 8.96. The minimum absolute atomic E-state index is 0.138. The first-order valence-electron chi connectivity index (χ1n) is 4.67. The van der Waals surface area contributed by atoms with Gasteiger partial charge in [-0.1, -0.05) is 23.7 Å². The molecule has 1 heterocycles. The summed E-state index contributed by atoms with van der Waals surface area (Å²) >= 11 is 5.90. The van der Waals surface area contributed by atoms with Crippen LogP contribution in [0, 0.1) is 0 Å². The van der Waals surface area contributed by atoms with Crippen LogP contribution < -0.4 is 10.9 Å². The van der Waals surface area contributed by atoms with Gasteiger partial charge in [0.05, 0.1) is 6.61 Å². The van der Waals surface area contributed by atoms with Gasteiger partial charge in [0.2, 0.25) is 0 Å². The van der Waals surface area contributed by atoms with E-state index in [1.54, 1.807) is 0 Å². The van der Waals surface area contributed by atoms with Crippen LogP contribution in [0.1, 0.15) is 18.0 Å². The first-order chi connectivity index (χ1) is 6.79. The van der Waals surface area contributed by atoms with E-state index in [2.05, 4.69) is 10.9 Å². The Morgan fingerprint density at radius 2 is 2.29 bits per heavy atom. The predicted molar refractivity (Wildman–Crippen MR) is 56.0 cm³/mol. The van der Waals surface area contributed by atoms with E-state index in [-0.39, 0.29) is 18.7 Å². The van der Waals surface area contributed by atoms with Gasteiger partial charge in [0.25, 0.3) is 0 Å². The number of benzene rings is 1. The van der Waals surface area contributed by atoms with Gasteiger partial charge in [-0.25, -0.2) is 5.43 Å². The molecule has 4 heteroatoms. The van der Waals surface area contributed by atoms with Gasteiger partial charge < -0.3 is 5.11 Å². The summed E-state index contributed by atoms with van der Waals surface area (Å²) < 4.78 is 0. The lowest BCUT2D eigenvalue weighted by atomic mass is 10.0. The fourth-order valence-electron chi connectivity index (χ4n) is 1.68. The predicted octanol–water partition coefficient (Wildman–Crippen LogP) is 1.24. The number of aliphatic hydroxyl groups is 1. The van der Waals surface area contributed by atoms with E-state index in [0.29, 0.717) is 0 Å². The van der Waals surface area contributed by atoms with Crippen molar-refractivity contribution >= 4 is 11.6 Å². The fourth-order valence-corrected chi connectivity index (χ4v) is 1.88. The minimum atomic E-state index is 0.138. The van der Waals surface area contributed by atoms with Crippen molar-refractivity contribution in [3.8, 4) is 0 Å². The van der Waals surface area contributed by atoms with E-state index in [1.165, 1.54) is 0 Å². The molecule has 1 fully saturated rings. The zero-order valence-corrected chi connectivity index (χ0v) is 8.46. The van der Waals surface area contributed by atoms with Crippen LogP contribution in [-0.2, 0) is 0 Å². The Labute approximate surface area is 88.1 Å². The van der Waals surface area contributed by atoms with Crippen molar-refractivity contribution in [2.24, 2.45) is 0 Å². The lowest BCUT2D eigenvalue weighted by Crippen LogP contribution is -2.32. The molecule has 76 valence electrons. The Hall–Kier alpha value is -0.610. The van der Waals surface area contributed by atoms with Crippen LogP contribution in [0.25, 0.3) is 0 Å². The Morgan fingerprint density at radius 1 is 1.43 bits per heavy atom. The minimum Gasteiger partial charge on any atom is -0.395 e. The van der Waals surface area contributed by atoms with Gasteiger partial charge in [0.1, 0.15) is 0 Å². The van der Waals surface area contributed by atoms with Crippen molar-refractivity contribution in [2.75, 3.05) is 6.61 Å². The van der Waals surface area contributed by atoms with E-state index in [0.717, 1.165) is 17.0 Å². The van der Waals surface area contributed by atoms with E-state index in [4.69, 9.17) is 16.7 Å². The largest absolute Gasteiger partial charge is 0.395 e. The molecule has 3 N–H and O–H groups in total. The zero-order chi connectivity index (χ0) is 9.97. The van der Waals surface area contributed by atoms with Gasteiger partial charge in [-0.15, -0.1) is 0 Å². The summed E-state index contributed by atoms with van der Waals surface area (Å²) in [7, 11) is 0. The highest BCUT2D eigenvalue weighted by molar-refractivity contribution is 6.30. The van der Waals surface area contributed by atoms with E-state index >= 15 is 0 Å². The van der Waals surface area contributed by atoms with E-state index in [1.807, 2.05) is 24.3 Å². The van der Waals surface area contributed by atoms with Crippen LogP contribution in [0.15, 0.2) is 24.3 Å². The van der Waals surface area contributed by atoms with Crippen LogP contribution in [0.2, 0.25) is 5.02 Å². The van der Waals surface area contributed by atoms with Crippen LogP contribution >= 0.6 is 11.6 Å². The molecule has 2 rings (SSSR count). The second-order valence-corrected chi connectivity index (χ2v) is 3.95. The molecular weight excluding hydrogens is 200 g/mol. The van der Waals surface area contributed by atoms with Crippen molar-refractivity contribution in [2.45, 2.75) is 18.5 Å². The standard InChI is InChI=1S/C10H13ClN2O/c11-8-3-1-2-7(4-8)10-5-9(6-14)12-13-10/h1-4,9-10,12-14H,5-6H2. The average Bonchev–Trinajstić information content (AvgIpc) is 2.66. The highest BCUT2D eigenvalue weighted by Crippen LogP contribution is 2.23. The van der Waals surface area contributed by atoms with Crippen molar-refractivity contribution in [3.05, 3.63) is 34.9 Å². The maximum Gasteiger partial charge on any atom is 0.0598 e. The third-order valence-corrected chi connectivity index (χ3v) is 2.69. The van der Waals surface area contributed by atoms with Crippen LogP contribution in [-0.4, -0.2) is 17.8 Å². The van der Waals surface area contributed by atoms with Gasteiger partial charge in [-0.3, -0.25) is 5.43 Å². The molecule has 1 aliphatic heterocycles. The summed E-state index contributed by atoms with van der Waals surface area (Å²) in [5.74, 6) is 0. The molecule has 2 atom stereocenters. The topological polar surface area (TPSA) is 44.3 Å². The molecular formula is C10H13ClN2O. The SMILES string of the molecule is OCC1CC(c2cccc(Cl)c2)NN1. The third-order valence-electron chi connectivity index (χ3n) is 2.45. The summed E-state index contributed by atoms with van der Waals surface area (Å²) in [6.07, 6.45) is 0.886. The lowest BCUT2D eigenvalue weighted by Gasteiger charge is -2.09. The second-order valence-electron chi connectivity index (χ2n) is 3.51. The molecule has 1 aliphatic rings. The third kappa shape index (κ3) is 2.07. The monoisotopic (exact) mass is 212 g/mol. The highest BCUT2D eigenvalue weighted by Gasteiger charge is 2.23. The van der Waals surface area contributed by atoms with Crippen molar-refractivity contribution in [3.63, 3.8) is 0 Å². The first kappa shape index (κ1) is 9.93. The zero-order valence-electron chi connectivity index (χ0n) is 7.70. The van der Waals surface area contributed by atoms with Crippen molar-refractivity contribution in [1.29, 1.82) is 0 Å². The molecule has 0 aliphatic carbocycles. The molecule has 1 aromatic carbocycles. The molecule has 1 saturated heterocycles. The number of rotatable bonds is 2. The normalized spacial score (nSPS) is 26.7. The Kier molecular flexibility index (Phi) is 3.03. The summed E-state index contributed by atoms with van der Waals surface area (Å²) in [6.45, 7) is 0.157. The summed E-state index contributed by atoms with van der Waals surface area (Å²) in [6, 6.07) is 8.15. The van der Waals surface area contributed by atoms with Crippen LogP contribution in [0.4, 0.5) is 0 Å². The molecule has 0 amide bonds. The molecule has 0 saturated carbocycles. The van der Waals surface area contributed by atoms with Gasteiger partial charge >= 0.3 is 0 Å². The number of halogens is 1. The van der Waals surface area contributed by atoms with E-state index in [9.17, 15) is 0 Å². The second kappa shape index (κ2) is 4.28. The van der Waals surface area contributed by atoms with E-state index < -0.39 is 0 Å². The molecule has 3 nitrogen and oxygen atoms in total. The number of aliphatic hydroxyl groups excluding tert-OH is 1. The van der Waals surface area contributed by atoms with Crippen LogP contribution in [0.5, 0.6) is 0 Å². The van der Waals surface area contributed by atoms with Gasteiger partial charge in [-0.05, 0) is 24.1 Å². The smallest absolute Gasteiger partial charge is 0.0598 e. The number of hydrogen-bond donors (Lipinski definition) is 3. The lowest BCUT2D eigenvalue weighted by molar-refractivity contribution is 0.251. The first-order valence-corrected chi connectivity index (χ1v) is 5.05. The van der Waals surface area contributed by atoms with Crippen molar-refractivity contribution in [1.82, 2.24) is 10.9 Å². The van der Waals surface area contributed by atoms with Gasteiger partial charge in [-0.2, -0.15) is 0 Å². The number of hydrogen-bond acceptors (Lipinski definition) is 3. The van der Waals surface area contributed by atoms with Gasteiger partial charge in [0, 0.05) is 17.1 Å². The quantitative estimate of drug-likeness (QED) is 0.691. The summed E-state index contributed by atoms with van der Waals surface area (Å²) in [4.78, 5) is 0. The van der Waals surface area contributed by atoms with Gasteiger partial charge in [0.15, 0.2) is 0 Å². The Bertz CT molecular complexity index is 319. The fraction of sp³-hybridized carbons (Fsp3) is 0.400. The molecule has 2 unspecified atom stereocenters. The molecule has 0 spiro atoms. The molecule has 0 radical (unpaired) electrons. The average molecular weight is 213 g/mol. The summed E-state index contributed by atoms with van der Waals surface area (Å²) in [5.41, 5.74) is 7.32. The number of hydrazine groups is 1. The molecule has 0 aromatic heterocycles. The number of nitrogens with one attached hydrogen (secondary N) is 2. The molecule has 0 bridgehead atoms. The summed E-state index contributed by atoms with van der Waals surface area (Å²) in [5, 5.41) is 9.70. The van der Waals surface area contributed by atoms with Crippen LogP contribution in [0.3, 0.4) is 0 Å². The Morgan fingerprint density at radius 3 is 2.93 bits per heavy atom. The Balaban J connectivity index is 2.09. The highest BCUT2D eigenvalue weighted by atomic mass is 35.5. The van der Waals surface area contributed by atoms with Crippen molar-refractivity contribution < 1.29 is 5.11 Å². The maximum absolute atomic E-state index is 8.96. The molecule has 1 aromatic rings. The molecule has 14 heavy (non-hydrogen) atoms.